The predicted octanol–water partition coefficient (Wildman–Crippen LogP) is 3.53. The molecule has 3 rings (SSSR count). The first-order valence-electron chi connectivity index (χ1n) is 9.16. The van der Waals surface area contributed by atoms with Gasteiger partial charge < -0.3 is 14.9 Å². The molecular formula is C20H29N3O2Si. The van der Waals surface area contributed by atoms with E-state index in [9.17, 15) is 9.90 Å². The van der Waals surface area contributed by atoms with E-state index in [-0.39, 0.29) is 16.9 Å². The summed E-state index contributed by atoms with van der Waals surface area (Å²) in [6, 6.07) is 2.29. The number of hydrogen-bond acceptors (Lipinski definition) is 3. The van der Waals surface area contributed by atoms with Crippen molar-refractivity contribution in [3.63, 3.8) is 0 Å². The molecule has 0 aromatic carbocycles. The Labute approximate surface area is 157 Å². The van der Waals surface area contributed by atoms with E-state index in [0.29, 0.717) is 13.1 Å². The Morgan fingerprint density at radius 1 is 1.31 bits per heavy atom. The van der Waals surface area contributed by atoms with Crippen molar-refractivity contribution in [2.75, 3.05) is 24.5 Å². The summed E-state index contributed by atoms with van der Waals surface area (Å²) >= 11 is 0. The SMILES string of the molecule is CC(C)(C)[C@@]12CN(C(=O)O)C[C@@H]1N(c1cncc(C#C[Si](C)(C)C)c1)C2. The fourth-order valence-corrected chi connectivity index (χ4v) is 4.57. The van der Waals surface area contributed by atoms with Gasteiger partial charge in [-0.25, -0.2) is 4.79 Å². The van der Waals surface area contributed by atoms with Crippen LogP contribution in [0.4, 0.5) is 10.5 Å². The minimum Gasteiger partial charge on any atom is -0.465 e. The van der Waals surface area contributed by atoms with Crippen LogP contribution < -0.4 is 4.90 Å². The number of nitrogens with zero attached hydrogens (tertiary/aromatic N) is 3. The van der Waals surface area contributed by atoms with Gasteiger partial charge in [-0.15, -0.1) is 5.54 Å². The molecule has 0 radical (unpaired) electrons. The molecule has 1 aromatic heterocycles. The van der Waals surface area contributed by atoms with Crippen LogP contribution >= 0.6 is 0 Å². The quantitative estimate of drug-likeness (QED) is 0.606. The standard InChI is InChI=1S/C20H29N3O2Si/c1-19(2,3)20-13-22(18(24)25)12-17(20)23(14-20)16-9-15(10-21-11-16)7-8-26(4,5)6/h9-11,17H,12-14H2,1-6H3,(H,24,25)/t17-,20+/m0/s1. The first-order chi connectivity index (χ1) is 11.9. The molecule has 1 amide bonds. The number of carbonyl (C=O) groups is 1. The minimum atomic E-state index is -1.43. The van der Waals surface area contributed by atoms with Gasteiger partial charge in [0.15, 0.2) is 0 Å². The Kier molecular flexibility index (Phi) is 4.35. The monoisotopic (exact) mass is 371 g/mol. The van der Waals surface area contributed by atoms with Gasteiger partial charge in [-0.1, -0.05) is 46.3 Å². The van der Waals surface area contributed by atoms with E-state index in [2.05, 4.69) is 67.8 Å². The number of hydrogen-bond donors (Lipinski definition) is 1. The molecule has 0 unspecified atom stereocenters. The van der Waals surface area contributed by atoms with Crippen LogP contribution in [0.25, 0.3) is 0 Å². The first-order valence-corrected chi connectivity index (χ1v) is 12.7. The van der Waals surface area contributed by atoms with Gasteiger partial charge in [0.1, 0.15) is 8.07 Å². The summed E-state index contributed by atoms with van der Waals surface area (Å²) in [6.07, 6.45) is 2.86. The summed E-state index contributed by atoms with van der Waals surface area (Å²) in [5, 5.41) is 9.48. The number of rotatable bonds is 1. The summed E-state index contributed by atoms with van der Waals surface area (Å²) in [7, 11) is -1.43. The molecule has 5 nitrogen and oxygen atoms in total. The van der Waals surface area contributed by atoms with E-state index in [0.717, 1.165) is 17.8 Å². The lowest BCUT2D eigenvalue weighted by Crippen LogP contribution is -2.69. The Morgan fingerprint density at radius 3 is 2.58 bits per heavy atom. The van der Waals surface area contributed by atoms with E-state index in [1.807, 2.05) is 12.4 Å². The molecule has 0 saturated carbocycles. The second-order valence-corrected chi connectivity index (χ2v) is 14.4. The van der Waals surface area contributed by atoms with Crippen molar-refractivity contribution in [1.82, 2.24) is 9.88 Å². The number of aromatic nitrogens is 1. The molecule has 2 saturated heterocycles. The van der Waals surface area contributed by atoms with E-state index in [4.69, 9.17) is 0 Å². The topological polar surface area (TPSA) is 56.7 Å². The zero-order valence-corrected chi connectivity index (χ0v) is 17.6. The van der Waals surface area contributed by atoms with Gasteiger partial charge in [0.25, 0.3) is 0 Å². The molecule has 140 valence electrons. The van der Waals surface area contributed by atoms with E-state index >= 15 is 0 Å². The van der Waals surface area contributed by atoms with E-state index < -0.39 is 14.2 Å². The highest BCUT2D eigenvalue weighted by Gasteiger charge is 2.64. The van der Waals surface area contributed by atoms with Gasteiger partial charge in [-0.05, 0) is 11.5 Å². The van der Waals surface area contributed by atoms with Crippen molar-refractivity contribution < 1.29 is 9.90 Å². The lowest BCUT2D eigenvalue weighted by Gasteiger charge is -2.60. The Balaban J connectivity index is 1.88. The molecular weight excluding hydrogens is 342 g/mol. The smallest absolute Gasteiger partial charge is 0.407 e. The lowest BCUT2D eigenvalue weighted by atomic mass is 9.58. The van der Waals surface area contributed by atoms with Crippen LogP contribution in [0.15, 0.2) is 18.5 Å². The Bertz CT molecular complexity index is 785. The van der Waals surface area contributed by atoms with Crippen LogP contribution in [0.5, 0.6) is 0 Å². The zero-order valence-electron chi connectivity index (χ0n) is 16.6. The van der Waals surface area contributed by atoms with E-state index in [1.54, 1.807) is 4.90 Å². The van der Waals surface area contributed by atoms with Crippen LogP contribution in [0.2, 0.25) is 19.6 Å². The second-order valence-electron chi connectivity index (χ2n) is 9.64. The number of pyridine rings is 1. The molecule has 0 spiro atoms. The number of likely N-dealkylation sites (tertiary alicyclic amines) is 1. The Hall–Kier alpha value is -2.00. The maximum Gasteiger partial charge on any atom is 0.407 e. The fourth-order valence-electron chi connectivity index (χ4n) is 4.05. The molecule has 2 aliphatic rings. The number of anilines is 1. The molecule has 1 N–H and O–H groups in total. The van der Waals surface area contributed by atoms with Crippen molar-refractivity contribution in [3.05, 3.63) is 24.0 Å². The molecule has 2 aliphatic heterocycles. The van der Waals surface area contributed by atoms with Crippen molar-refractivity contribution in [1.29, 1.82) is 0 Å². The molecule has 26 heavy (non-hydrogen) atoms. The highest BCUT2D eigenvalue weighted by Crippen LogP contribution is 2.55. The average Bonchev–Trinajstić information content (AvgIpc) is 2.79. The molecule has 3 heterocycles. The van der Waals surface area contributed by atoms with Gasteiger partial charge in [0.05, 0.1) is 17.9 Å². The third kappa shape index (κ3) is 3.21. The molecule has 1 aromatic rings. The summed E-state index contributed by atoms with van der Waals surface area (Å²) in [4.78, 5) is 19.8. The van der Waals surface area contributed by atoms with Crippen molar-refractivity contribution in [3.8, 4) is 11.5 Å². The lowest BCUT2D eigenvalue weighted by molar-refractivity contribution is 0.0309. The van der Waals surface area contributed by atoms with Crippen LogP contribution in [-0.4, -0.2) is 54.8 Å². The number of fused-ring (bicyclic) bond motifs is 1. The zero-order chi connectivity index (χ0) is 19.3. The van der Waals surface area contributed by atoms with Gasteiger partial charge in [0.2, 0.25) is 0 Å². The predicted molar refractivity (Wildman–Crippen MR) is 107 cm³/mol. The van der Waals surface area contributed by atoms with E-state index in [1.165, 1.54) is 0 Å². The maximum absolute atomic E-state index is 11.5. The molecule has 0 aliphatic carbocycles. The number of carboxylic acid groups (broad SMARTS) is 1. The molecule has 2 atom stereocenters. The first kappa shape index (κ1) is 18.8. The Morgan fingerprint density at radius 2 is 2.00 bits per heavy atom. The highest BCUT2D eigenvalue weighted by atomic mass is 28.3. The second kappa shape index (κ2) is 6.02. The van der Waals surface area contributed by atoms with Gasteiger partial charge >= 0.3 is 6.09 Å². The molecule has 6 heteroatoms. The fraction of sp³-hybridized carbons (Fsp3) is 0.600. The third-order valence-electron chi connectivity index (χ3n) is 5.73. The van der Waals surface area contributed by atoms with Crippen molar-refractivity contribution >= 4 is 19.9 Å². The van der Waals surface area contributed by atoms with Gasteiger partial charge in [0, 0.05) is 36.8 Å². The summed E-state index contributed by atoms with van der Waals surface area (Å²) in [6.45, 7) is 15.4. The normalized spacial score (nSPS) is 25.2. The van der Waals surface area contributed by atoms with Gasteiger partial charge in [-0.2, -0.15) is 0 Å². The number of amides is 1. The van der Waals surface area contributed by atoms with Crippen LogP contribution in [-0.2, 0) is 0 Å². The maximum atomic E-state index is 11.5. The molecule has 2 fully saturated rings. The van der Waals surface area contributed by atoms with Crippen LogP contribution in [0.1, 0.15) is 26.3 Å². The average molecular weight is 372 g/mol. The summed E-state index contributed by atoms with van der Waals surface area (Å²) in [5.74, 6) is 3.27. The highest BCUT2D eigenvalue weighted by molar-refractivity contribution is 6.83. The third-order valence-corrected chi connectivity index (χ3v) is 6.61. The largest absolute Gasteiger partial charge is 0.465 e. The van der Waals surface area contributed by atoms with Gasteiger partial charge in [-0.3, -0.25) is 4.98 Å². The molecule has 0 bridgehead atoms. The van der Waals surface area contributed by atoms with Crippen LogP contribution in [0, 0.1) is 22.3 Å². The minimum absolute atomic E-state index is 0.00854. The van der Waals surface area contributed by atoms with Crippen LogP contribution in [0.3, 0.4) is 0 Å². The van der Waals surface area contributed by atoms with Crippen molar-refractivity contribution in [2.24, 2.45) is 10.8 Å². The summed E-state index contributed by atoms with van der Waals surface area (Å²) < 4.78 is 0. The van der Waals surface area contributed by atoms with Crippen molar-refractivity contribution in [2.45, 2.75) is 46.5 Å². The summed E-state index contributed by atoms with van der Waals surface area (Å²) in [5.41, 5.74) is 5.40.